The van der Waals surface area contributed by atoms with E-state index in [2.05, 4.69) is 26.1 Å². The van der Waals surface area contributed by atoms with Crippen LogP contribution in [0, 0.1) is 0 Å². The molecule has 1 aromatic carbocycles. The van der Waals surface area contributed by atoms with Crippen LogP contribution in [-0.2, 0) is 0 Å². The lowest BCUT2D eigenvalue weighted by atomic mass is 10.3. The molecule has 0 saturated carbocycles. The van der Waals surface area contributed by atoms with Crippen molar-refractivity contribution in [2.75, 3.05) is 0 Å². The lowest BCUT2D eigenvalue weighted by Crippen LogP contribution is -2.14. The van der Waals surface area contributed by atoms with Gasteiger partial charge >= 0.3 is 5.69 Å². The van der Waals surface area contributed by atoms with Gasteiger partial charge < -0.3 is 0 Å². The van der Waals surface area contributed by atoms with E-state index in [1.807, 2.05) is 24.3 Å². The second-order valence-corrected chi connectivity index (χ2v) is 3.34. The lowest BCUT2D eigenvalue weighted by molar-refractivity contribution is 0.978. The van der Waals surface area contributed by atoms with Gasteiger partial charge in [0.15, 0.2) is 0 Å². The van der Waals surface area contributed by atoms with Crippen LogP contribution in [0.5, 0.6) is 0 Å². The van der Waals surface area contributed by atoms with E-state index in [1.165, 1.54) is 10.9 Å². The Morgan fingerprint density at radius 1 is 1.38 bits per heavy atom. The third kappa shape index (κ3) is 1.42. The van der Waals surface area contributed by atoms with E-state index in [0.29, 0.717) is 0 Å². The number of H-pyrrole nitrogens is 1. The fourth-order valence-corrected chi connectivity index (χ4v) is 1.54. The van der Waals surface area contributed by atoms with Crippen LogP contribution >= 0.6 is 15.9 Å². The molecule has 0 aliphatic rings. The molecule has 66 valence electrons. The van der Waals surface area contributed by atoms with E-state index in [0.717, 1.165) is 10.2 Å². The molecule has 0 fully saturated rings. The summed E-state index contributed by atoms with van der Waals surface area (Å²) in [5.41, 5.74) is 0.535. The van der Waals surface area contributed by atoms with Crippen molar-refractivity contribution in [3.8, 4) is 5.69 Å². The second-order valence-electron chi connectivity index (χ2n) is 2.48. The van der Waals surface area contributed by atoms with Crippen molar-refractivity contribution in [3.05, 3.63) is 45.5 Å². The van der Waals surface area contributed by atoms with E-state index < -0.39 is 0 Å². The number of nitrogens with one attached hydrogen (secondary N) is 1. The van der Waals surface area contributed by atoms with Crippen molar-refractivity contribution < 1.29 is 0 Å². The molecule has 0 amide bonds. The van der Waals surface area contributed by atoms with Crippen LogP contribution in [0.15, 0.2) is 39.9 Å². The molecule has 13 heavy (non-hydrogen) atoms. The van der Waals surface area contributed by atoms with Gasteiger partial charge in [0.2, 0.25) is 0 Å². The van der Waals surface area contributed by atoms with E-state index in [-0.39, 0.29) is 5.69 Å². The van der Waals surface area contributed by atoms with Gasteiger partial charge in [-0.3, -0.25) is 0 Å². The molecule has 2 aromatic rings. The summed E-state index contributed by atoms with van der Waals surface area (Å²) < 4.78 is 2.29. The Morgan fingerprint density at radius 3 is 2.77 bits per heavy atom. The highest BCUT2D eigenvalue weighted by molar-refractivity contribution is 9.10. The van der Waals surface area contributed by atoms with Crippen LogP contribution in [0.4, 0.5) is 0 Å². The average molecular weight is 240 g/mol. The van der Waals surface area contributed by atoms with Crippen LogP contribution in [0.3, 0.4) is 0 Å². The first-order valence-corrected chi connectivity index (χ1v) is 4.45. The van der Waals surface area contributed by atoms with Gasteiger partial charge in [-0.25, -0.2) is 14.5 Å². The highest BCUT2D eigenvalue weighted by Gasteiger charge is 2.03. The van der Waals surface area contributed by atoms with Gasteiger partial charge in [0, 0.05) is 4.47 Å². The maximum absolute atomic E-state index is 11.2. The molecule has 1 N–H and O–H groups in total. The second kappa shape index (κ2) is 3.18. The van der Waals surface area contributed by atoms with Crippen LogP contribution in [0.2, 0.25) is 0 Å². The Kier molecular flexibility index (Phi) is 2.02. The highest BCUT2D eigenvalue weighted by Crippen LogP contribution is 2.17. The zero-order valence-electron chi connectivity index (χ0n) is 6.57. The van der Waals surface area contributed by atoms with Crippen molar-refractivity contribution in [1.29, 1.82) is 0 Å². The third-order valence-corrected chi connectivity index (χ3v) is 2.33. The van der Waals surface area contributed by atoms with Crippen LogP contribution in [-0.4, -0.2) is 14.8 Å². The molecule has 4 nitrogen and oxygen atoms in total. The Morgan fingerprint density at radius 2 is 2.15 bits per heavy atom. The summed E-state index contributed by atoms with van der Waals surface area (Å²) in [6, 6.07) is 7.45. The first-order valence-electron chi connectivity index (χ1n) is 3.66. The number of nitrogens with zero attached hydrogens (tertiary/aromatic N) is 2. The standard InChI is InChI=1S/C8H6BrN3O/c9-6-3-1-2-4-7(6)12-5-10-11-8(12)13/h1-5H,(H,11,13). The molecule has 0 radical (unpaired) electrons. The number of benzene rings is 1. The Balaban J connectivity index is 2.66. The Labute approximate surface area is 82.3 Å². The van der Waals surface area contributed by atoms with Gasteiger partial charge in [0.25, 0.3) is 0 Å². The number of aromatic nitrogens is 3. The summed E-state index contributed by atoms with van der Waals surface area (Å²) in [7, 11) is 0. The molecule has 0 unspecified atom stereocenters. The van der Waals surface area contributed by atoms with E-state index >= 15 is 0 Å². The van der Waals surface area contributed by atoms with Crippen molar-refractivity contribution in [2.45, 2.75) is 0 Å². The molecule has 0 aliphatic heterocycles. The predicted molar refractivity (Wildman–Crippen MR) is 51.9 cm³/mol. The predicted octanol–water partition coefficient (Wildman–Crippen LogP) is 1.32. The van der Waals surface area contributed by atoms with Crippen LogP contribution in [0.1, 0.15) is 0 Å². The third-order valence-electron chi connectivity index (χ3n) is 1.66. The van der Waals surface area contributed by atoms with Gasteiger partial charge in [-0.15, -0.1) is 0 Å². The smallest absolute Gasteiger partial charge is 0.249 e. The first kappa shape index (κ1) is 8.25. The molecule has 0 aliphatic carbocycles. The number of aromatic amines is 1. The molecule has 0 spiro atoms. The normalized spacial score (nSPS) is 10.2. The minimum absolute atomic E-state index is 0.244. The maximum atomic E-state index is 11.2. The largest absolute Gasteiger partial charge is 0.347 e. The first-order chi connectivity index (χ1) is 6.29. The number of hydrogen-bond donors (Lipinski definition) is 1. The van der Waals surface area contributed by atoms with Crippen molar-refractivity contribution in [2.24, 2.45) is 0 Å². The number of rotatable bonds is 1. The molecule has 1 heterocycles. The zero-order chi connectivity index (χ0) is 9.26. The van der Waals surface area contributed by atoms with Gasteiger partial charge in [0.1, 0.15) is 6.33 Å². The molecule has 1 aromatic heterocycles. The molecule has 5 heteroatoms. The Hall–Kier alpha value is -1.36. The summed E-state index contributed by atoms with van der Waals surface area (Å²) in [6.45, 7) is 0. The number of para-hydroxylation sites is 1. The molecular formula is C8H6BrN3O. The maximum Gasteiger partial charge on any atom is 0.347 e. The summed E-state index contributed by atoms with van der Waals surface area (Å²) in [4.78, 5) is 11.2. The van der Waals surface area contributed by atoms with Crippen LogP contribution < -0.4 is 5.69 Å². The fraction of sp³-hybridized carbons (Fsp3) is 0. The van der Waals surface area contributed by atoms with Crippen LogP contribution in [0.25, 0.3) is 5.69 Å². The van der Waals surface area contributed by atoms with Crippen molar-refractivity contribution in [1.82, 2.24) is 14.8 Å². The minimum Gasteiger partial charge on any atom is -0.249 e. The quantitative estimate of drug-likeness (QED) is 0.817. The topological polar surface area (TPSA) is 50.7 Å². The number of halogens is 1. The van der Waals surface area contributed by atoms with Gasteiger partial charge in [0.05, 0.1) is 5.69 Å². The molecule has 0 saturated heterocycles. The summed E-state index contributed by atoms with van der Waals surface area (Å²) in [6.07, 6.45) is 1.45. The summed E-state index contributed by atoms with van der Waals surface area (Å²) in [5.74, 6) is 0. The molecule has 0 atom stereocenters. The SMILES string of the molecule is O=c1[nH]ncn1-c1ccccc1Br. The van der Waals surface area contributed by atoms with Gasteiger partial charge in [-0.05, 0) is 28.1 Å². The molecular weight excluding hydrogens is 234 g/mol. The fourth-order valence-electron chi connectivity index (χ4n) is 1.07. The summed E-state index contributed by atoms with van der Waals surface area (Å²) in [5, 5.41) is 5.97. The molecule has 2 rings (SSSR count). The minimum atomic E-state index is -0.244. The Bertz CT molecular complexity index is 474. The highest BCUT2D eigenvalue weighted by atomic mass is 79.9. The zero-order valence-corrected chi connectivity index (χ0v) is 8.15. The van der Waals surface area contributed by atoms with Crippen molar-refractivity contribution in [3.63, 3.8) is 0 Å². The van der Waals surface area contributed by atoms with E-state index in [9.17, 15) is 4.79 Å². The van der Waals surface area contributed by atoms with Gasteiger partial charge in [-0.2, -0.15) is 5.10 Å². The monoisotopic (exact) mass is 239 g/mol. The average Bonchev–Trinajstić information content (AvgIpc) is 2.52. The van der Waals surface area contributed by atoms with Gasteiger partial charge in [-0.1, -0.05) is 12.1 Å². The summed E-state index contributed by atoms with van der Waals surface area (Å²) >= 11 is 3.35. The lowest BCUT2D eigenvalue weighted by Gasteiger charge is -2.01. The van der Waals surface area contributed by atoms with E-state index in [1.54, 1.807) is 0 Å². The van der Waals surface area contributed by atoms with Crippen molar-refractivity contribution >= 4 is 15.9 Å². The number of hydrogen-bond acceptors (Lipinski definition) is 2. The molecule has 0 bridgehead atoms. The van der Waals surface area contributed by atoms with E-state index in [4.69, 9.17) is 0 Å².